The number of aryl methyl sites for hydroxylation is 1. The van der Waals surface area contributed by atoms with E-state index in [-0.39, 0.29) is 23.2 Å². The van der Waals surface area contributed by atoms with Crippen molar-refractivity contribution in [3.8, 4) is 11.3 Å². The fourth-order valence-corrected chi connectivity index (χ4v) is 3.45. The Morgan fingerprint density at radius 1 is 1.31 bits per heavy atom. The molecule has 1 N–H and O–H groups in total. The monoisotopic (exact) mass is 413 g/mol. The van der Waals surface area contributed by atoms with Crippen LogP contribution in [0.15, 0.2) is 42.7 Å². The lowest BCUT2D eigenvalue weighted by molar-refractivity contribution is -0.123. The number of halogens is 2. The van der Waals surface area contributed by atoms with Crippen molar-refractivity contribution in [3.63, 3.8) is 0 Å². The number of nitrogens with zero attached hydrogens (tertiary/aromatic N) is 4. The maximum absolute atomic E-state index is 13.6. The third kappa shape index (κ3) is 3.47. The zero-order valence-corrected chi connectivity index (χ0v) is 16.4. The van der Waals surface area contributed by atoms with Crippen LogP contribution in [0.2, 0.25) is 5.02 Å². The fraction of sp³-hybridized carbons (Fsp3) is 0.200. The first kappa shape index (κ1) is 19.1. The standard InChI is InChI=1S/C20H17ClFN5O2/c1-11-7-18-14(9-23-11)17-5-6-24-27(17)12(2)20(29)26(18)10-19(28)25-13-3-4-15(21)16(22)8-13/h3-9,12H,10H2,1-2H3,(H,25,28). The Balaban J connectivity index is 1.68. The van der Waals surface area contributed by atoms with Crippen molar-refractivity contribution in [2.75, 3.05) is 16.8 Å². The Labute approximate surface area is 171 Å². The van der Waals surface area contributed by atoms with Gasteiger partial charge in [0.25, 0.3) is 5.91 Å². The number of pyridine rings is 1. The van der Waals surface area contributed by atoms with Crippen molar-refractivity contribution in [2.45, 2.75) is 19.9 Å². The van der Waals surface area contributed by atoms with E-state index in [1.54, 1.807) is 36.1 Å². The smallest absolute Gasteiger partial charge is 0.252 e. The van der Waals surface area contributed by atoms with Crippen LogP contribution in [0.25, 0.3) is 11.3 Å². The van der Waals surface area contributed by atoms with Crippen LogP contribution in [0.5, 0.6) is 0 Å². The fourth-order valence-electron chi connectivity index (χ4n) is 3.33. The van der Waals surface area contributed by atoms with E-state index in [9.17, 15) is 14.0 Å². The lowest BCUT2D eigenvalue weighted by atomic mass is 10.1. The lowest BCUT2D eigenvalue weighted by Gasteiger charge is -2.24. The molecule has 1 atom stereocenters. The molecular formula is C20H17ClFN5O2. The number of carbonyl (C=O) groups is 2. The van der Waals surface area contributed by atoms with E-state index in [2.05, 4.69) is 15.4 Å². The molecule has 29 heavy (non-hydrogen) atoms. The molecule has 0 aliphatic carbocycles. The van der Waals surface area contributed by atoms with Gasteiger partial charge in [0.2, 0.25) is 5.91 Å². The number of anilines is 2. The van der Waals surface area contributed by atoms with Gasteiger partial charge in [-0.15, -0.1) is 0 Å². The minimum Gasteiger partial charge on any atom is -0.324 e. The van der Waals surface area contributed by atoms with E-state index in [0.29, 0.717) is 16.9 Å². The van der Waals surface area contributed by atoms with Crippen molar-refractivity contribution >= 4 is 34.8 Å². The highest BCUT2D eigenvalue weighted by atomic mass is 35.5. The summed E-state index contributed by atoms with van der Waals surface area (Å²) in [4.78, 5) is 31.5. The number of fused-ring (bicyclic) bond motifs is 3. The molecule has 0 bridgehead atoms. The quantitative estimate of drug-likeness (QED) is 0.711. The molecule has 3 aromatic rings. The van der Waals surface area contributed by atoms with E-state index < -0.39 is 17.8 Å². The number of amides is 2. The predicted octanol–water partition coefficient (Wildman–Crippen LogP) is 3.59. The first-order chi connectivity index (χ1) is 13.8. The Bertz CT molecular complexity index is 1130. The second-order valence-corrected chi connectivity index (χ2v) is 7.19. The number of carbonyl (C=O) groups excluding carboxylic acids is 2. The van der Waals surface area contributed by atoms with Gasteiger partial charge in [-0.25, -0.2) is 4.39 Å². The first-order valence-electron chi connectivity index (χ1n) is 8.92. The zero-order chi connectivity index (χ0) is 20.7. The highest BCUT2D eigenvalue weighted by Gasteiger charge is 2.33. The molecule has 2 aromatic heterocycles. The largest absolute Gasteiger partial charge is 0.324 e. The SMILES string of the molecule is Cc1cc2c(cn1)-c1ccnn1C(C)C(=O)N2CC(=O)Nc1ccc(Cl)c(F)c1. The molecule has 3 heterocycles. The predicted molar refractivity (Wildman–Crippen MR) is 107 cm³/mol. The molecule has 1 aliphatic heterocycles. The molecule has 1 unspecified atom stereocenters. The summed E-state index contributed by atoms with van der Waals surface area (Å²) in [5, 5.41) is 6.82. The number of nitrogens with one attached hydrogen (secondary N) is 1. The van der Waals surface area contributed by atoms with Crippen molar-refractivity contribution in [1.82, 2.24) is 14.8 Å². The van der Waals surface area contributed by atoms with Gasteiger partial charge in [-0.05, 0) is 44.2 Å². The number of hydrogen-bond donors (Lipinski definition) is 1. The summed E-state index contributed by atoms with van der Waals surface area (Å²) in [5.41, 5.74) is 2.99. The molecule has 4 rings (SSSR count). The molecule has 7 nitrogen and oxygen atoms in total. The first-order valence-corrected chi connectivity index (χ1v) is 9.30. The van der Waals surface area contributed by atoms with Crippen LogP contribution < -0.4 is 10.2 Å². The van der Waals surface area contributed by atoms with Gasteiger partial charge in [0.05, 0.1) is 16.4 Å². The highest BCUT2D eigenvalue weighted by molar-refractivity contribution is 6.30. The van der Waals surface area contributed by atoms with Gasteiger partial charge in [-0.3, -0.25) is 19.3 Å². The summed E-state index contributed by atoms with van der Waals surface area (Å²) >= 11 is 5.68. The molecule has 0 radical (unpaired) electrons. The topological polar surface area (TPSA) is 80.1 Å². The Morgan fingerprint density at radius 2 is 2.10 bits per heavy atom. The summed E-state index contributed by atoms with van der Waals surface area (Å²) in [7, 11) is 0. The van der Waals surface area contributed by atoms with Crippen LogP contribution in [-0.4, -0.2) is 33.1 Å². The van der Waals surface area contributed by atoms with Crippen molar-refractivity contribution in [3.05, 3.63) is 59.3 Å². The minimum atomic E-state index is -0.638. The molecular weight excluding hydrogens is 397 g/mol. The lowest BCUT2D eigenvalue weighted by Crippen LogP contribution is -2.41. The molecule has 148 valence electrons. The number of rotatable bonds is 3. The molecule has 0 fully saturated rings. The Hall–Kier alpha value is -3.26. The van der Waals surface area contributed by atoms with Crippen molar-refractivity contribution < 1.29 is 14.0 Å². The average molecular weight is 414 g/mol. The molecule has 1 aliphatic rings. The Kier molecular flexibility index (Phi) is 4.79. The summed E-state index contributed by atoms with van der Waals surface area (Å²) in [6.07, 6.45) is 3.29. The highest BCUT2D eigenvalue weighted by Crippen LogP contribution is 2.36. The summed E-state index contributed by atoms with van der Waals surface area (Å²) in [5.74, 6) is -1.38. The second kappa shape index (κ2) is 7.29. The number of hydrogen-bond acceptors (Lipinski definition) is 4. The second-order valence-electron chi connectivity index (χ2n) is 6.78. The summed E-state index contributed by atoms with van der Waals surface area (Å²) in [6, 6.07) is 6.94. The number of aromatic nitrogens is 3. The van der Waals surface area contributed by atoms with Crippen LogP contribution in [-0.2, 0) is 9.59 Å². The maximum atomic E-state index is 13.6. The van der Waals surface area contributed by atoms with Gasteiger partial charge in [-0.1, -0.05) is 11.6 Å². The molecule has 2 amide bonds. The molecule has 9 heteroatoms. The molecule has 0 saturated heterocycles. The van der Waals surface area contributed by atoms with Crippen LogP contribution in [0.4, 0.5) is 15.8 Å². The van der Waals surface area contributed by atoms with Gasteiger partial charge >= 0.3 is 0 Å². The van der Waals surface area contributed by atoms with E-state index >= 15 is 0 Å². The molecule has 0 spiro atoms. The molecule has 1 aromatic carbocycles. The minimum absolute atomic E-state index is 0.0363. The van der Waals surface area contributed by atoms with Crippen LogP contribution in [0, 0.1) is 12.7 Å². The summed E-state index contributed by atoms with van der Waals surface area (Å²) in [6.45, 7) is 3.30. The van der Waals surface area contributed by atoms with Gasteiger partial charge in [0.1, 0.15) is 18.4 Å². The van der Waals surface area contributed by atoms with E-state index in [1.165, 1.54) is 17.0 Å². The van der Waals surface area contributed by atoms with E-state index in [1.807, 2.05) is 6.92 Å². The van der Waals surface area contributed by atoms with Crippen LogP contribution >= 0.6 is 11.6 Å². The maximum Gasteiger partial charge on any atom is 0.252 e. The summed E-state index contributed by atoms with van der Waals surface area (Å²) < 4.78 is 15.3. The van der Waals surface area contributed by atoms with Crippen LogP contribution in [0.3, 0.4) is 0 Å². The Morgan fingerprint density at radius 3 is 2.86 bits per heavy atom. The third-order valence-electron chi connectivity index (χ3n) is 4.75. The van der Waals surface area contributed by atoms with Gasteiger partial charge < -0.3 is 10.2 Å². The average Bonchev–Trinajstić information content (AvgIpc) is 3.15. The van der Waals surface area contributed by atoms with Crippen molar-refractivity contribution in [2.24, 2.45) is 0 Å². The van der Waals surface area contributed by atoms with Crippen LogP contribution in [0.1, 0.15) is 18.7 Å². The number of benzene rings is 1. The zero-order valence-electron chi connectivity index (χ0n) is 15.7. The van der Waals surface area contributed by atoms with Gasteiger partial charge in [0.15, 0.2) is 0 Å². The van der Waals surface area contributed by atoms with E-state index in [4.69, 9.17) is 11.6 Å². The van der Waals surface area contributed by atoms with E-state index in [0.717, 1.165) is 11.8 Å². The van der Waals surface area contributed by atoms with Gasteiger partial charge in [-0.2, -0.15) is 5.10 Å². The normalized spacial score (nSPS) is 15.5. The van der Waals surface area contributed by atoms with Gasteiger partial charge in [0, 0.05) is 29.3 Å². The van der Waals surface area contributed by atoms with Crippen molar-refractivity contribution in [1.29, 1.82) is 0 Å². The third-order valence-corrected chi connectivity index (χ3v) is 5.06. The molecule has 0 saturated carbocycles.